The van der Waals surface area contributed by atoms with E-state index in [2.05, 4.69) is 5.32 Å². The molecule has 19 heavy (non-hydrogen) atoms. The Labute approximate surface area is 109 Å². The summed E-state index contributed by atoms with van der Waals surface area (Å²) >= 11 is 0. The fraction of sp³-hybridized carbons (Fsp3) is 0.538. The van der Waals surface area contributed by atoms with Gasteiger partial charge in [0, 0.05) is 31.9 Å². The first-order chi connectivity index (χ1) is 9.05. The zero-order valence-corrected chi connectivity index (χ0v) is 10.4. The predicted octanol–water partition coefficient (Wildman–Crippen LogP) is 2.15. The largest absolute Gasteiger partial charge is 0.418 e. The molecule has 2 aliphatic rings. The second-order valence-electron chi connectivity index (χ2n) is 4.84. The number of halogens is 3. The lowest BCUT2D eigenvalue weighted by atomic mass is 10.0. The van der Waals surface area contributed by atoms with Gasteiger partial charge in [-0.1, -0.05) is 0 Å². The highest BCUT2D eigenvalue weighted by atomic mass is 19.4. The second-order valence-corrected chi connectivity index (χ2v) is 4.84. The molecule has 2 aliphatic heterocycles. The molecule has 104 valence electrons. The second kappa shape index (κ2) is 4.68. The van der Waals surface area contributed by atoms with E-state index in [-0.39, 0.29) is 0 Å². The third-order valence-corrected chi connectivity index (χ3v) is 3.61. The summed E-state index contributed by atoms with van der Waals surface area (Å²) in [5, 5.41) is 3.09. The molecule has 0 spiro atoms. The van der Waals surface area contributed by atoms with Crippen LogP contribution in [-0.2, 0) is 24.0 Å². The van der Waals surface area contributed by atoms with Gasteiger partial charge in [0.2, 0.25) is 0 Å². The van der Waals surface area contributed by atoms with Gasteiger partial charge in [0.05, 0.1) is 18.8 Å². The maximum absolute atomic E-state index is 13.2. The van der Waals surface area contributed by atoms with Crippen LogP contribution in [-0.4, -0.2) is 26.3 Å². The smallest absolute Gasteiger partial charge is 0.378 e. The number of morpholine rings is 1. The van der Waals surface area contributed by atoms with Crippen molar-refractivity contribution in [3.8, 4) is 0 Å². The zero-order chi connectivity index (χ0) is 13.5. The number of hydrogen-bond donors (Lipinski definition) is 1. The average Bonchev–Trinajstić information content (AvgIpc) is 2.84. The van der Waals surface area contributed by atoms with E-state index >= 15 is 0 Å². The fourth-order valence-electron chi connectivity index (χ4n) is 2.63. The number of nitrogens with one attached hydrogen (secondary N) is 1. The Kier molecular flexibility index (Phi) is 3.14. The molecule has 0 radical (unpaired) electrons. The highest BCUT2D eigenvalue weighted by molar-refractivity contribution is 5.60. The summed E-state index contributed by atoms with van der Waals surface area (Å²) in [4.78, 5) is 1.77. The number of rotatable bonds is 1. The van der Waals surface area contributed by atoms with Crippen molar-refractivity contribution in [1.29, 1.82) is 0 Å². The first-order valence-corrected chi connectivity index (χ1v) is 6.32. The fourth-order valence-corrected chi connectivity index (χ4v) is 2.63. The molecule has 0 atom stereocenters. The summed E-state index contributed by atoms with van der Waals surface area (Å²) in [7, 11) is 0. The van der Waals surface area contributed by atoms with Crippen LogP contribution in [0, 0.1) is 0 Å². The van der Waals surface area contributed by atoms with Crippen molar-refractivity contribution in [2.75, 3.05) is 31.2 Å². The molecule has 3 rings (SSSR count). The van der Waals surface area contributed by atoms with E-state index in [1.165, 1.54) is 6.07 Å². The number of anilines is 1. The Morgan fingerprint density at radius 3 is 2.32 bits per heavy atom. The summed E-state index contributed by atoms with van der Waals surface area (Å²) in [5.41, 5.74) is 1.48. The molecular weight excluding hydrogens is 257 g/mol. The van der Waals surface area contributed by atoms with Crippen LogP contribution in [0.1, 0.15) is 16.7 Å². The molecule has 1 saturated heterocycles. The van der Waals surface area contributed by atoms with Gasteiger partial charge >= 0.3 is 6.18 Å². The molecule has 6 heteroatoms. The topological polar surface area (TPSA) is 24.5 Å². The number of benzene rings is 1. The van der Waals surface area contributed by atoms with Crippen LogP contribution in [0.15, 0.2) is 12.1 Å². The van der Waals surface area contributed by atoms with E-state index < -0.39 is 11.7 Å². The lowest BCUT2D eigenvalue weighted by Crippen LogP contribution is -2.37. The summed E-state index contributed by atoms with van der Waals surface area (Å²) < 4.78 is 44.8. The minimum Gasteiger partial charge on any atom is -0.378 e. The summed E-state index contributed by atoms with van der Waals surface area (Å²) in [5.74, 6) is 0. The summed E-state index contributed by atoms with van der Waals surface area (Å²) in [6.45, 7) is 3.14. The van der Waals surface area contributed by atoms with Crippen molar-refractivity contribution in [3.63, 3.8) is 0 Å². The minimum atomic E-state index is -4.31. The molecule has 0 aromatic heterocycles. The molecule has 1 N–H and O–H groups in total. The Morgan fingerprint density at radius 1 is 1.05 bits per heavy atom. The Balaban J connectivity index is 2.05. The molecule has 0 unspecified atom stereocenters. The van der Waals surface area contributed by atoms with Crippen LogP contribution in [0.25, 0.3) is 0 Å². The molecule has 1 aromatic carbocycles. The number of ether oxygens (including phenoxy) is 1. The molecule has 1 aromatic rings. The van der Waals surface area contributed by atoms with E-state index in [9.17, 15) is 13.2 Å². The number of alkyl halides is 3. The lowest BCUT2D eigenvalue weighted by molar-refractivity contribution is -0.137. The van der Waals surface area contributed by atoms with Crippen LogP contribution >= 0.6 is 0 Å². The van der Waals surface area contributed by atoms with Gasteiger partial charge in [0.15, 0.2) is 0 Å². The Bertz CT molecular complexity index is 482. The molecule has 0 bridgehead atoms. The standard InChI is InChI=1S/C13H15F3N2O/c14-13(15,16)11-5-9-7-17-8-10(9)6-12(11)18-1-3-19-4-2-18/h5-6,17H,1-4,7-8H2. The van der Waals surface area contributed by atoms with Gasteiger partial charge in [-0.3, -0.25) is 0 Å². The number of fused-ring (bicyclic) bond motifs is 1. The Morgan fingerprint density at radius 2 is 1.68 bits per heavy atom. The van der Waals surface area contributed by atoms with Gasteiger partial charge in [-0.15, -0.1) is 0 Å². The third kappa shape index (κ3) is 2.42. The van der Waals surface area contributed by atoms with Crippen LogP contribution in [0.3, 0.4) is 0 Å². The monoisotopic (exact) mass is 272 g/mol. The molecular formula is C13H15F3N2O. The van der Waals surface area contributed by atoms with Gasteiger partial charge in [-0.05, 0) is 23.3 Å². The van der Waals surface area contributed by atoms with E-state index in [4.69, 9.17) is 4.74 Å². The molecule has 1 fully saturated rings. The van der Waals surface area contributed by atoms with Gasteiger partial charge in [0.1, 0.15) is 0 Å². The van der Waals surface area contributed by atoms with Crippen LogP contribution in [0.4, 0.5) is 18.9 Å². The van der Waals surface area contributed by atoms with Crippen LogP contribution in [0.2, 0.25) is 0 Å². The zero-order valence-electron chi connectivity index (χ0n) is 10.4. The first kappa shape index (κ1) is 12.7. The summed E-state index contributed by atoms with van der Waals surface area (Å²) in [6, 6.07) is 2.98. The van der Waals surface area contributed by atoms with Gasteiger partial charge in [-0.25, -0.2) is 0 Å². The normalized spacial score (nSPS) is 19.6. The highest BCUT2D eigenvalue weighted by Crippen LogP contribution is 2.39. The first-order valence-electron chi connectivity index (χ1n) is 6.32. The average molecular weight is 272 g/mol. The van der Waals surface area contributed by atoms with Crippen molar-refractivity contribution in [1.82, 2.24) is 5.32 Å². The maximum atomic E-state index is 13.2. The van der Waals surface area contributed by atoms with Gasteiger partial charge in [-0.2, -0.15) is 13.2 Å². The van der Waals surface area contributed by atoms with Crippen molar-refractivity contribution in [2.24, 2.45) is 0 Å². The molecule has 3 nitrogen and oxygen atoms in total. The minimum absolute atomic E-state index is 0.290. The van der Waals surface area contributed by atoms with Crippen LogP contribution in [0.5, 0.6) is 0 Å². The Hall–Kier alpha value is -1.27. The van der Waals surface area contributed by atoms with Crippen molar-refractivity contribution in [2.45, 2.75) is 19.3 Å². The van der Waals surface area contributed by atoms with Crippen molar-refractivity contribution in [3.05, 3.63) is 28.8 Å². The van der Waals surface area contributed by atoms with Crippen LogP contribution < -0.4 is 10.2 Å². The molecule has 0 saturated carbocycles. The van der Waals surface area contributed by atoms with Gasteiger partial charge in [0.25, 0.3) is 0 Å². The molecule has 0 aliphatic carbocycles. The summed E-state index contributed by atoms with van der Waals surface area (Å²) in [6.07, 6.45) is -4.31. The van der Waals surface area contributed by atoms with Crippen molar-refractivity contribution < 1.29 is 17.9 Å². The number of hydrogen-bond acceptors (Lipinski definition) is 3. The SMILES string of the molecule is FC(F)(F)c1cc2c(cc1N1CCOCC1)CNC2. The van der Waals surface area contributed by atoms with E-state index in [0.29, 0.717) is 45.1 Å². The number of nitrogens with zero attached hydrogens (tertiary/aromatic N) is 1. The third-order valence-electron chi connectivity index (χ3n) is 3.61. The van der Waals surface area contributed by atoms with Gasteiger partial charge < -0.3 is 15.0 Å². The van der Waals surface area contributed by atoms with E-state index in [0.717, 1.165) is 11.1 Å². The van der Waals surface area contributed by atoms with Crippen molar-refractivity contribution >= 4 is 5.69 Å². The predicted molar refractivity (Wildman–Crippen MR) is 65.0 cm³/mol. The van der Waals surface area contributed by atoms with E-state index in [1.807, 2.05) is 0 Å². The quantitative estimate of drug-likeness (QED) is 0.847. The molecule has 2 heterocycles. The molecule has 0 amide bonds. The highest BCUT2D eigenvalue weighted by Gasteiger charge is 2.36. The lowest BCUT2D eigenvalue weighted by Gasteiger charge is -2.31. The maximum Gasteiger partial charge on any atom is 0.418 e. The van der Waals surface area contributed by atoms with E-state index in [1.54, 1.807) is 11.0 Å².